The van der Waals surface area contributed by atoms with Gasteiger partial charge in [-0.3, -0.25) is 0 Å². The summed E-state index contributed by atoms with van der Waals surface area (Å²) in [6.45, 7) is 0. The molecule has 0 fully saturated rings. The van der Waals surface area contributed by atoms with Gasteiger partial charge in [0, 0.05) is 16.5 Å². The van der Waals surface area contributed by atoms with Crippen molar-refractivity contribution in [2.45, 2.75) is 12.5 Å². The van der Waals surface area contributed by atoms with Gasteiger partial charge in [-0.25, -0.2) is 13.2 Å². The van der Waals surface area contributed by atoms with E-state index in [-0.39, 0.29) is 12.0 Å². The third kappa shape index (κ3) is 3.36. The van der Waals surface area contributed by atoms with E-state index >= 15 is 0 Å². The van der Waals surface area contributed by atoms with Crippen LogP contribution in [0.3, 0.4) is 0 Å². The summed E-state index contributed by atoms with van der Waals surface area (Å²) in [5.74, 6) is -2.48. The van der Waals surface area contributed by atoms with E-state index < -0.39 is 23.6 Å². The van der Waals surface area contributed by atoms with Gasteiger partial charge < -0.3 is 5.11 Å². The Morgan fingerprint density at radius 1 is 0.947 bits per heavy atom. The first kappa shape index (κ1) is 14.1. The third-order valence-electron chi connectivity index (χ3n) is 2.73. The Morgan fingerprint density at radius 3 is 2.32 bits per heavy atom. The van der Waals surface area contributed by atoms with Gasteiger partial charge in [-0.1, -0.05) is 22.0 Å². The van der Waals surface area contributed by atoms with Crippen molar-refractivity contribution >= 4 is 15.9 Å². The zero-order chi connectivity index (χ0) is 14.0. The minimum absolute atomic E-state index is 0.00454. The predicted octanol–water partition coefficient (Wildman–Crippen LogP) is 4.14. The van der Waals surface area contributed by atoms with Gasteiger partial charge in [0.25, 0.3) is 0 Å². The van der Waals surface area contributed by atoms with Crippen LogP contribution in [0.15, 0.2) is 40.9 Å². The van der Waals surface area contributed by atoms with Gasteiger partial charge in [0.05, 0.1) is 6.10 Å². The quantitative estimate of drug-likeness (QED) is 0.896. The molecule has 100 valence electrons. The second kappa shape index (κ2) is 5.75. The number of rotatable bonds is 3. The highest BCUT2D eigenvalue weighted by Crippen LogP contribution is 2.25. The summed E-state index contributed by atoms with van der Waals surface area (Å²) in [5.41, 5.74) is 0.505. The minimum Gasteiger partial charge on any atom is -0.388 e. The molecule has 1 atom stereocenters. The molecule has 0 aliphatic heterocycles. The monoisotopic (exact) mass is 330 g/mol. The van der Waals surface area contributed by atoms with E-state index in [9.17, 15) is 18.3 Å². The highest BCUT2D eigenvalue weighted by atomic mass is 79.9. The molecule has 1 nitrogen and oxygen atoms in total. The van der Waals surface area contributed by atoms with Gasteiger partial charge in [-0.2, -0.15) is 0 Å². The van der Waals surface area contributed by atoms with E-state index in [2.05, 4.69) is 15.9 Å². The summed E-state index contributed by atoms with van der Waals surface area (Å²) >= 11 is 3.18. The molecule has 0 saturated carbocycles. The van der Waals surface area contributed by atoms with Gasteiger partial charge in [0.1, 0.15) is 5.82 Å². The second-order valence-electron chi connectivity index (χ2n) is 4.13. The zero-order valence-corrected chi connectivity index (χ0v) is 11.3. The van der Waals surface area contributed by atoms with E-state index in [1.54, 1.807) is 0 Å². The molecule has 0 spiro atoms. The Balaban J connectivity index is 2.22. The Kier molecular flexibility index (Phi) is 4.27. The number of hydrogen-bond donors (Lipinski definition) is 1. The van der Waals surface area contributed by atoms with Crippen molar-refractivity contribution in [2.75, 3.05) is 0 Å². The second-order valence-corrected chi connectivity index (χ2v) is 5.05. The summed E-state index contributed by atoms with van der Waals surface area (Å²) in [6.07, 6.45) is -1.12. The molecule has 0 amide bonds. The van der Waals surface area contributed by atoms with Crippen molar-refractivity contribution < 1.29 is 18.3 Å². The lowest BCUT2D eigenvalue weighted by Crippen LogP contribution is -2.05. The van der Waals surface area contributed by atoms with Crippen molar-refractivity contribution in [1.29, 1.82) is 0 Å². The number of aliphatic hydroxyl groups is 1. The maximum absolute atomic E-state index is 13.6. The van der Waals surface area contributed by atoms with Crippen LogP contribution < -0.4 is 0 Å². The summed E-state index contributed by atoms with van der Waals surface area (Å²) in [5, 5.41) is 9.96. The molecule has 0 aliphatic rings. The van der Waals surface area contributed by atoms with E-state index in [0.717, 1.165) is 12.1 Å². The van der Waals surface area contributed by atoms with Gasteiger partial charge in [0.15, 0.2) is 11.6 Å². The lowest BCUT2D eigenvalue weighted by molar-refractivity contribution is 0.173. The van der Waals surface area contributed by atoms with Gasteiger partial charge >= 0.3 is 0 Å². The fourth-order valence-corrected chi connectivity index (χ4v) is 2.15. The summed E-state index contributed by atoms with van der Waals surface area (Å²) in [7, 11) is 0. The maximum atomic E-state index is 13.6. The fraction of sp³-hybridized carbons (Fsp3) is 0.143. The normalized spacial score (nSPS) is 12.5. The number of hydrogen-bond acceptors (Lipinski definition) is 1. The van der Waals surface area contributed by atoms with Crippen LogP contribution in [0.4, 0.5) is 13.2 Å². The van der Waals surface area contributed by atoms with Crippen LogP contribution >= 0.6 is 15.9 Å². The standard InChI is InChI=1S/C14H10BrF3O/c15-9-2-4-11(16)10(7-9)14(19)6-8-1-3-12(17)13(18)5-8/h1-5,7,14,19H,6H2. The highest BCUT2D eigenvalue weighted by molar-refractivity contribution is 9.10. The summed E-state index contributed by atoms with van der Waals surface area (Å²) in [4.78, 5) is 0. The van der Waals surface area contributed by atoms with Crippen LogP contribution in [0.2, 0.25) is 0 Å². The molecular formula is C14H10BrF3O. The van der Waals surface area contributed by atoms with Crippen LogP contribution in [-0.4, -0.2) is 5.11 Å². The smallest absolute Gasteiger partial charge is 0.159 e. The number of benzene rings is 2. The van der Waals surface area contributed by atoms with Gasteiger partial charge in [0.2, 0.25) is 0 Å². The molecule has 0 saturated heterocycles. The Hall–Kier alpha value is -1.33. The molecule has 0 heterocycles. The molecule has 1 N–H and O–H groups in total. The SMILES string of the molecule is OC(Cc1ccc(F)c(F)c1)c1cc(Br)ccc1F. The van der Waals surface area contributed by atoms with Gasteiger partial charge in [-0.15, -0.1) is 0 Å². The van der Waals surface area contributed by atoms with E-state index in [4.69, 9.17) is 0 Å². The topological polar surface area (TPSA) is 20.2 Å². The lowest BCUT2D eigenvalue weighted by Gasteiger charge is -2.12. The van der Waals surface area contributed by atoms with Crippen LogP contribution in [-0.2, 0) is 6.42 Å². The van der Waals surface area contributed by atoms with Crippen molar-refractivity contribution in [3.63, 3.8) is 0 Å². The van der Waals surface area contributed by atoms with Crippen molar-refractivity contribution in [2.24, 2.45) is 0 Å². The average Bonchev–Trinajstić information content (AvgIpc) is 2.36. The van der Waals surface area contributed by atoms with Crippen molar-refractivity contribution in [3.05, 3.63) is 69.4 Å². The van der Waals surface area contributed by atoms with Gasteiger partial charge in [-0.05, 0) is 35.9 Å². The Bertz CT molecular complexity index is 601. The third-order valence-corrected chi connectivity index (χ3v) is 3.22. The molecule has 0 bridgehead atoms. The molecule has 2 aromatic carbocycles. The first-order chi connectivity index (χ1) is 8.97. The summed E-state index contributed by atoms with van der Waals surface area (Å²) in [6, 6.07) is 7.54. The zero-order valence-electron chi connectivity index (χ0n) is 9.71. The molecule has 0 aliphatic carbocycles. The lowest BCUT2D eigenvalue weighted by atomic mass is 10.0. The molecule has 19 heavy (non-hydrogen) atoms. The first-order valence-electron chi connectivity index (χ1n) is 5.54. The van der Waals surface area contributed by atoms with Crippen LogP contribution in [0.5, 0.6) is 0 Å². The molecule has 0 aromatic heterocycles. The first-order valence-corrected chi connectivity index (χ1v) is 6.33. The van der Waals surface area contributed by atoms with E-state index in [1.165, 1.54) is 24.3 Å². The van der Waals surface area contributed by atoms with Crippen LogP contribution in [0.25, 0.3) is 0 Å². The molecule has 1 unspecified atom stereocenters. The summed E-state index contributed by atoms with van der Waals surface area (Å²) < 4.78 is 40.0. The molecule has 0 radical (unpaired) electrons. The van der Waals surface area contributed by atoms with E-state index in [1.807, 2.05) is 0 Å². The van der Waals surface area contributed by atoms with E-state index in [0.29, 0.717) is 10.0 Å². The number of halogens is 4. The largest absolute Gasteiger partial charge is 0.388 e. The Morgan fingerprint density at radius 2 is 1.63 bits per heavy atom. The van der Waals surface area contributed by atoms with Crippen molar-refractivity contribution in [3.8, 4) is 0 Å². The fourth-order valence-electron chi connectivity index (χ4n) is 1.77. The Labute approximate surface area is 116 Å². The minimum atomic E-state index is -1.12. The molecule has 2 aromatic rings. The number of aliphatic hydroxyl groups excluding tert-OH is 1. The highest BCUT2D eigenvalue weighted by Gasteiger charge is 2.15. The van der Waals surface area contributed by atoms with Crippen molar-refractivity contribution in [1.82, 2.24) is 0 Å². The van der Waals surface area contributed by atoms with Crippen LogP contribution in [0, 0.1) is 17.5 Å². The van der Waals surface area contributed by atoms with Crippen LogP contribution in [0.1, 0.15) is 17.2 Å². The predicted molar refractivity (Wildman–Crippen MR) is 69.1 cm³/mol. The molecular weight excluding hydrogens is 321 g/mol. The molecule has 5 heteroatoms. The maximum Gasteiger partial charge on any atom is 0.159 e. The molecule has 2 rings (SSSR count). The average molecular weight is 331 g/mol.